The van der Waals surface area contributed by atoms with E-state index < -0.39 is 0 Å². The summed E-state index contributed by atoms with van der Waals surface area (Å²) in [5.41, 5.74) is 2.82. The molecule has 0 fully saturated rings. The molecule has 3 aromatic heterocycles. The molecule has 0 atom stereocenters. The average Bonchev–Trinajstić information content (AvgIpc) is 3.04. The van der Waals surface area contributed by atoms with E-state index in [2.05, 4.69) is 25.3 Å². The molecule has 86 valence electrons. The van der Waals surface area contributed by atoms with E-state index in [9.17, 15) is 0 Å². The lowest BCUT2D eigenvalue weighted by Gasteiger charge is -1.98. The SMILES string of the molecule is c1ccc2nc3c(ncn3-c3conn3)nc2c1. The Bertz CT molecular complexity index is 835. The molecular formula is C11H6N6O. The van der Waals surface area contributed by atoms with Crippen molar-refractivity contribution in [3.63, 3.8) is 0 Å². The van der Waals surface area contributed by atoms with Crippen LogP contribution in [-0.2, 0) is 0 Å². The molecule has 0 amide bonds. The number of rotatable bonds is 1. The maximum Gasteiger partial charge on any atom is 0.203 e. The van der Waals surface area contributed by atoms with Crippen LogP contribution in [-0.4, -0.2) is 29.9 Å². The second-order valence-electron chi connectivity index (χ2n) is 3.74. The summed E-state index contributed by atoms with van der Waals surface area (Å²) in [5.74, 6) is 0.530. The zero-order chi connectivity index (χ0) is 11.9. The quantitative estimate of drug-likeness (QED) is 0.497. The van der Waals surface area contributed by atoms with Crippen molar-refractivity contribution >= 4 is 22.3 Å². The summed E-state index contributed by atoms with van der Waals surface area (Å²) in [6.45, 7) is 0. The maximum atomic E-state index is 4.72. The number of hydrogen-bond acceptors (Lipinski definition) is 6. The van der Waals surface area contributed by atoms with Crippen molar-refractivity contribution in [2.24, 2.45) is 0 Å². The molecule has 18 heavy (non-hydrogen) atoms. The largest absolute Gasteiger partial charge is 0.343 e. The average molecular weight is 238 g/mol. The van der Waals surface area contributed by atoms with Gasteiger partial charge in [0.05, 0.1) is 11.0 Å². The van der Waals surface area contributed by atoms with Crippen LogP contribution in [0.3, 0.4) is 0 Å². The zero-order valence-corrected chi connectivity index (χ0v) is 9.06. The Balaban J connectivity index is 2.09. The number of imidazole rings is 1. The molecular weight excluding hydrogens is 232 g/mol. The third kappa shape index (κ3) is 1.21. The number of fused-ring (bicyclic) bond motifs is 2. The molecule has 0 N–H and O–H groups in total. The van der Waals surface area contributed by atoms with Gasteiger partial charge in [-0.25, -0.2) is 15.0 Å². The number of benzene rings is 1. The Labute approximate surface area is 100 Å². The van der Waals surface area contributed by atoms with E-state index in [0.29, 0.717) is 17.1 Å². The highest BCUT2D eigenvalue weighted by molar-refractivity contribution is 5.83. The number of nitrogens with zero attached hydrogens (tertiary/aromatic N) is 6. The molecule has 0 spiro atoms. The van der Waals surface area contributed by atoms with Crippen LogP contribution in [0, 0.1) is 0 Å². The van der Waals surface area contributed by atoms with Crippen molar-refractivity contribution in [1.29, 1.82) is 0 Å². The monoisotopic (exact) mass is 238 g/mol. The molecule has 3 heterocycles. The Morgan fingerprint density at radius 3 is 2.67 bits per heavy atom. The lowest BCUT2D eigenvalue weighted by Crippen LogP contribution is -1.95. The predicted octanol–water partition coefficient (Wildman–Crippen LogP) is 1.35. The Hall–Kier alpha value is -2.83. The standard InChI is InChI=1S/C11H6N6O/c1-2-4-8-7(3-1)13-10-11(14-8)17(6-12-10)9-5-18-16-15-9/h1-6H. The van der Waals surface area contributed by atoms with Gasteiger partial charge in [0.25, 0.3) is 0 Å². The fraction of sp³-hybridized carbons (Fsp3) is 0. The second kappa shape index (κ2) is 3.33. The zero-order valence-electron chi connectivity index (χ0n) is 9.06. The second-order valence-corrected chi connectivity index (χ2v) is 3.74. The van der Waals surface area contributed by atoms with Gasteiger partial charge in [0.15, 0.2) is 17.6 Å². The Morgan fingerprint density at radius 1 is 1.06 bits per heavy atom. The highest BCUT2D eigenvalue weighted by Gasteiger charge is 2.11. The predicted molar refractivity (Wildman–Crippen MR) is 62.0 cm³/mol. The van der Waals surface area contributed by atoms with Gasteiger partial charge in [-0.2, -0.15) is 0 Å². The number of para-hydroxylation sites is 2. The molecule has 0 unspecified atom stereocenters. The lowest BCUT2D eigenvalue weighted by atomic mass is 10.3. The van der Waals surface area contributed by atoms with E-state index in [1.807, 2.05) is 24.3 Å². The van der Waals surface area contributed by atoms with Crippen LogP contribution in [0.15, 0.2) is 41.4 Å². The topological polar surface area (TPSA) is 82.5 Å². The van der Waals surface area contributed by atoms with Gasteiger partial charge >= 0.3 is 0 Å². The van der Waals surface area contributed by atoms with Gasteiger partial charge in [-0.3, -0.25) is 4.57 Å². The molecule has 1 aromatic carbocycles. The van der Waals surface area contributed by atoms with E-state index in [1.165, 1.54) is 6.26 Å². The van der Waals surface area contributed by atoms with Crippen LogP contribution in [0.2, 0.25) is 0 Å². The molecule has 0 radical (unpaired) electrons. The van der Waals surface area contributed by atoms with Crippen LogP contribution in [0.25, 0.3) is 28.1 Å². The van der Waals surface area contributed by atoms with Gasteiger partial charge in [0, 0.05) is 5.27 Å². The summed E-state index contributed by atoms with van der Waals surface area (Å²) < 4.78 is 6.40. The first kappa shape index (κ1) is 9.23. The van der Waals surface area contributed by atoms with Crippen molar-refractivity contribution < 1.29 is 4.52 Å². The van der Waals surface area contributed by atoms with Crippen LogP contribution in [0.1, 0.15) is 0 Å². The molecule has 4 aromatic rings. The minimum atomic E-state index is 0.530. The highest BCUT2D eigenvalue weighted by Crippen LogP contribution is 2.17. The van der Waals surface area contributed by atoms with Gasteiger partial charge in [-0.05, 0) is 12.1 Å². The Morgan fingerprint density at radius 2 is 1.89 bits per heavy atom. The molecule has 0 aliphatic carbocycles. The summed E-state index contributed by atoms with van der Waals surface area (Å²) >= 11 is 0. The van der Waals surface area contributed by atoms with Gasteiger partial charge in [0.2, 0.25) is 5.82 Å². The normalized spacial score (nSPS) is 11.3. The van der Waals surface area contributed by atoms with Crippen LogP contribution in [0.4, 0.5) is 0 Å². The van der Waals surface area contributed by atoms with Crippen molar-refractivity contribution in [2.45, 2.75) is 0 Å². The van der Waals surface area contributed by atoms with E-state index in [4.69, 9.17) is 4.52 Å². The summed E-state index contributed by atoms with van der Waals surface area (Å²) in [6.07, 6.45) is 3.03. The van der Waals surface area contributed by atoms with Crippen LogP contribution < -0.4 is 0 Å². The molecule has 0 saturated carbocycles. The molecule has 0 saturated heterocycles. The van der Waals surface area contributed by atoms with Crippen LogP contribution in [0.5, 0.6) is 0 Å². The first-order valence-electron chi connectivity index (χ1n) is 5.29. The minimum absolute atomic E-state index is 0.530. The first-order chi connectivity index (χ1) is 8.92. The van der Waals surface area contributed by atoms with E-state index in [0.717, 1.165) is 11.0 Å². The molecule has 0 aliphatic rings. The number of aromatic nitrogens is 6. The summed E-state index contributed by atoms with van der Waals surface area (Å²) in [5, 5.41) is 7.25. The number of hydrogen-bond donors (Lipinski definition) is 0. The molecule has 7 nitrogen and oxygen atoms in total. The summed E-state index contributed by atoms with van der Waals surface area (Å²) in [7, 11) is 0. The van der Waals surface area contributed by atoms with Crippen molar-refractivity contribution in [3.8, 4) is 5.82 Å². The third-order valence-electron chi connectivity index (χ3n) is 2.65. The summed E-state index contributed by atoms with van der Waals surface area (Å²) in [6, 6.07) is 7.64. The van der Waals surface area contributed by atoms with Crippen LogP contribution >= 0.6 is 0 Å². The minimum Gasteiger partial charge on any atom is -0.343 e. The van der Waals surface area contributed by atoms with Crippen molar-refractivity contribution in [3.05, 3.63) is 36.9 Å². The van der Waals surface area contributed by atoms with Crippen molar-refractivity contribution in [2.75, 3.05) is 0 Å². The van der Waals surface area contributed by atoms with Gasteiger partial charge in [-0.15, -0.1) is 0 Å². The molecule has 0 aliphatic heterocycles. The van der Waals surface area contributed by atoms with Gasteiger partial charge in [-0.1, -0.05) is 17.2 Å². The maximum absolute atomic E-state index is 4.72. The smallest absolute Gasteiger partial charge is 0.203 e. The Kier molecular flexibility index (Phi) is 1.71. The van der Waals surface area contributed by atoms with Gasteiger partial charge in [0.1, 0.15) is 6.33 Å². The molecule has 0 bridgehead atoms. The van der Waals surface area contributed by atoms with E-state index in [-0.39, 0.29) is 0 Å². The van der Waals surface area contributed by atoms with E-state index >= 15 is 0 Å². The fourth-order valence-electron chi connectivity index (χ4n) is 1.83. The summed E-state index contributed by atoms with van der Waals surface area (Å²) in [4.78, 5) is 13.2. The lowest BCUT2D eigenvalue weighted by molar-refractivity contribution is 0.393. The van der Waals surface area contributed by atoms with Crippen molar-refractivity contribution in [1.82, 2.24) is 29.9 Å². The van der Waals surface area contributed by atoms with E-state index in [1.54, 1.807) is 10.9 Å². The fourth-order valence-corrected chi connectivity index (χ4v) is 1.83. The third-order valence-corrected chi connectivity index (χ3v) is 2.65. The molecule has 4 rings (SSSR count). The molecule has 7 heteroatoms. The first-order valence-corrected chi connectivity index (χ1v) is 5.29. The highest BCUT2D eigenvalue weighted by atomic mass is 16.5. The van der Waals surface area contributed by atoms with Gasteiger partial charge < -0.3 is 4.52 Å².